The molecule has 0 unspecified atom stereocenters. The second-order valence-electron chi connectivity index (χ2n) is 5.93. The van der Waals surface area contributed by atoms with Crippen molar-refractivity contribution in [1.29, 1.82) is 0 Å². The number of carbonyl (C=O) groups is 1. The Hall–Kier alpha value is -3.67. The Bertz CT molecular complexity index is 1090. The Morgan fingerprint density at radius 2 is 1.81 bits per heavy atom. The van der Waals surface area contributed by atoms with E-state index < -0.39 is 0 Å². The highest BCUT2D eigenvalue weighted by atomic mass is 16.1. The number of imidazole rings is 1. The summed E-state index contributed by atoms with van der Waals surface area (Å²) in [6, 6.07) is 21.4. The molecule has 6 heteroatoms. The lowest BCUT2D eigenvalue weighted by Gasteiger charge is -2.05. The predicted octanol–water partition coefficient (Wildman–Crippen LogP) is 3.21. The number of H-pyrrole nitrogens is 1. The van der Waals surface area contributed by atoms with Crippen LogP contribution in [-0.2, 0) is 11.2 Å². The molecule has 0 saturated carbocycles. The number of fused-ring (bicyclic) bond motifs is 2. The van der Waals surface area contributed by atoms with E-state index in [1.165, 1.54) is 0 Å². The van der Waals surface area contributed by atoms with Crippen molar-refractivity contribution in [3.63, 3.8) is 0 Å². The molecule has 0 atom stereocenters. The van der Waals surface area contributed by atoms with Crippen LogP contribution < -0.4 is 11.1 Å². The van der Waals surface area contributed by atoms with Gasteiger partial charge >= 0.3 is 0 Å². The maximum absolute atomic E-state index is 12.3. The van der Waals surface area contributed by atoms with E-state index in [9.17, 15) is 4.79 Å². The molecule has 128 valence electrons. The van der Waals surface area contributed by atoms with E-state index in [1.54, 1.807) is 0 Å². The number of para-hydroxylation sites is 2. The normalized spacial score (nSPS) is 11.8. The number of guanidine groups is 1. The molecule has 0 aliphatic carbocycles. The smallest absolute Gasteiger partial charge is 0.253 e. The first kappa shape index (κ1) is 15.8. The van der Waals surface area contributed by atoms with Crippen LogP contribution in [0.25, 0.3) is 21.8 Å². The number of hydrogen-bond acceptors (Lipinski definition) is 2. The molecule has 0 spiro atoms. The van der Waals surface area contributed by atoms with Crippen LogP contribution in [0.5, 0.6) is 0 Å². The Kier molecular flexibility index (Phi) is 4.07. The zero-order valence-electron chi connectivity index (χ0n) is 13.9. The van der Waals surface area contributed by atoms with Gasteiger partial charge in [0, 0.05) is 0 Å². The number of rotatable bonds is 3. The van der Waals surface area contributed by atoms with Crippen molar-refractivity contribution in [2.45, 2.75) is 6.42 Å². The van der Waals surface area contributed by atoms with Gasteiger partial charge in [0.1, 0.15) is 0 Å². The topological polar surface area (TPSA) is 96.2 Å². The van der Waals surface area contributed by atoms with Crippen molar-refractivity contribution in [1.82, 2.24) is 9.97 Å². The van der Waals surface area contributed by atoms with Crippen LogP contribution in [0.3, 0.4) is 0 Å². The SMILES string of the molecule is N/C(=N\C(=O)Cc1cccc2ccccc12)Nc1nc2ccccc2[nH]1. The molecule has 0 bridgehead atoms. The van der Waals surface area contributed by atoms with Gasteiger partial charge in [-0.2, -0.15) is 4.99 Å². The molecule has 26 heavy (non-hydrogen) atoms. The zero-order chi connectivity index (χ0) is 17.9. The number of carbonyl (C=O) groups excluding carboxylic acids is 1. The fourth-order valence-electron chi connectivity index (χ4n) is 2.94. The molecule has 1 heterocycles. The average Bonchev–Trinajstić information content (AvgIpc) is 3.04. The number of aromatic nitrogens is 2. The lowest BCUT2D eigenvalue weighted by molar-refractivity contribution is -0.117. The summed E-state index contributed by atoms with van der Waals surface area (Å²) in [6.07, 6.45) is 0.184. The lowest BCUT2D eigenvalue weighted by atomic mass is 10.0. The van der Waals surface area contributed by atoms with Gasteiger partial charge in [0.05, 0.1) is 17.5 Å². The molecule has 0 fully saturated rings. The molecule has 0 aliphatic heterocycles. The predicted molar refractivity (Wildman–Crippen MR) is 104 cm³/mol. The van der Waals surface area contributed by atoms with Crippen LogP contribution >= 0.6 is 0 Å². The van der Waals surface area contributed by atoms with Crippen LogP contribution in [-0.4, -0.2) is 21.8 Å². The van der Waals surface area contributed by atoms with Crippen molar-refractivity contribution < 1.29 is 4.79 Å². The van der Waals surface area contributed by atoms with Gasteiger partial charge in [-0.25, -0.2) is 4.98 Å². The number of hydrogen-bond donors (Lipinski definition) is 3. The molecular weight excluding hydrogens is 326 g/mol. The van der Waals surface area contributed by atoms with Crippen LogP contribution in [0, 0.1) is 0 Å². The third-order valence-corrected chi connectivity index (χ3v) is 4.10. The minimum absolute atomic E-state index is 0.00860. The highest BCUT2D eigenvalue weighted by Crippen LogP contribution is 2.19. The van der Waals surface area contributed by atoms with Crippen molar-refractivity contribution >= 4 is 39.6 Å². The number of nitrogens with one attached hydrogen (secondary N) is 2. The Morgan fingerprint density at radius 3 is 2.69 bits per heavy atom. The summed E-state index contributed by atoms with van der Waals surface area (Å²) in [4.78, 5) is 23.6. The van der Waals surface area contributed by atoms with E-state index in [4.69, 9.17) is 5.73 Å². The number of aromatic amines is 1. The summed E-state index contributed by atoms with van der Waals surface area (Å²) < 4.78 is 0. The second kappa shape index (κ2) is 6.68. The summed E-state index contributed by atoms with van der Waals surface area (Å²) >= 11 is 0. The van der Waals surface area contributed by atoms with Crippen LogP contribution in [0.4, 0.5) is 5.95 Å². The third-order valence-electron chi connectivity index (χ3n) is 4.10. The van der Waals surface area contributed by atoms with Gasteiger partial charge in [0.2, 0.25) is 11.9 Å². The summed E-state index contributed by atoms with van der Waals surface area (Å²) in [5.41, 5.74) is 8.47. The number of amides is 1. The molecule has 3 aromatic carbocycles. The van der Waals surface area contributed by atoms with Crippen LogP contribution in [0.2, 0.25) is 0 Å². The molecule has 0 saturated heterocycles. The molecule has 6 nitrogen and oxygen atoms in total. The molecule has 4 aromatic rings. The van der Waals surface area contributed by atoms with Crippen LogP contribution in [0.15, 0.2) is 71.7 Å². The van der Waals surface area contributed by atoms with E-state index in [0.29, 0.717) is 5.95 Å². The van der Waals surface area contributed by atoms with Gasteiger partial charge in [0.25, 0.3) is 5.91 Å². The van der Waals surface area contributed by atoms with Gasteiger partial charge < -0.3 is 10.7 Å². The number of benzene rings is 3. The molecule has 0 aliphatic rings. The van der Waals surface area contributed by atoms with E-state index in [2.05, 4.69) is 20.3 Å². The largest absolute Gasteiger partial charge is 0.369 e. The zero-order valence-corrected chi connectivity index (χ0v) is 13.9. The Morgan fingerprint density at radius 1 is 1.04 bits per heavy atom. The van der Waals surface area contributed by atoms with Crippen molar-refractivity contribution in [2.24, 2.45) is 10.7 Å². The summed E-state index contributed by atoms with van der Waals surface area (Å²) in [5, 5.41) is 4.96. The quantitative estimate of drug-likeness (QED) is 0.393. The minimum atomic E-state index is -0.317. The highest BCUT2D eigenvalue weighted by molar-refractivity contribution is 6.01. The van der Waals surface area contributed by atoms with Crippen molar-refractivity contribution in [3.8, 4) is 0 Å². The van der Waals surface area contributed by atoms with E-state index in [0.717, 1.165) is 27.4 Å². The Labute approximate surface area is 149 Å². The number of nitrogens with zero attached hydrogens (tertiary/aromatic N) is 2. The first-order chi connectivity index (χ1) is 12.7. The molecule has 1 amide bonds. The van der Waals surface area contributed by atoms with E-state index in [1.807, 2.05) is 66.7 Å². The monoisotopic (exact) mass is 343 g/mol. The van der Waals surface area contributed by atoms with Crippen molar-refractivity contribution in [3.05, 3.63) is 72.3 Å². The first-order valence-corrected chi connectivity index (χ1v) is 8.24. The van der Waals surface area contributed by atoms with Gasteiger partial charge in [-0.1, -0.05) is 54.6 Å². The van der Waals surface area contributed by atoms with Gasteiger partial charge in [-0.05, 0) is 28.5 Å². The number of aliphatic imine (C=N–C) groups is 1. The number of anilines is 1. The summed E-state index contributed by atoms with van der Waals surface area (Å²) in [5.74, 6) is 0.141. The minimum Gasteiger partial charge on any atom is -0.369 e. The standard InChI is InChI=1S/C20H17N5O/c21-19(25-20-22-16-10-3-4-11-17(16)23-20)24-18(26)12-14-8-5-7-13-6-1-2-9-15(13)14/h1-11H,12H2,(H4,21,22,23,24,25,26). The van der Waals surface area contributed by atoms with Crippen molar-refractivity contribution in [2.75, 3.05) is 5.32 Å². The van der Waals surface area contributed by atoms with Gasteiger partial charge in [-0.15, -0.1) is 0 Å². The fraction of sp³-hybridized carbons (Fsp3) is 0.0500. The first-order valence-electron chi connectivity index (χ1n) is 8.24. The van der Waals surface area contributed by atoms with Crippen LogP contribution in [0.1, 0.15) is 5.56 Å². The molecular formula is C20H17N5O. The molecule has 1 aromatic heterocycles. The summed E-state index contributed by atoms with van der Waals surface area (Å²) in [7, 11) is 0. The second-order valence-corrected chi connectivity index (χ2v) is 5.93. The molecule has 4 N–H and O–H groups in total. The maximum Gasteiger partial charge on any atom is 0.253 e. The van der Waals surface area contributed by atoms with Gasteiger partial charge in [-0.3, -0.25) is 10.1 Å². The highest BCUT2D eigenvalue weighted by Gasteiger charge is 2.08. The number of nitrogens with two attached hydrogens (primary N) is 1. The average molecular weight is 343 g/mol. The molecule has 0 radical (unpaired) electrons. The lowest BCUT2D eigenvalue weighted by Crippen LogP contribution is -2.25. The fourth-order valence-corrected chi connectivity index (χ4v) is 2.94. The summed E-state index contributed by atoms with van der Waals surface area (Å²) in [6.45, 7) is 0. The maximum atomic E-state index is 12.3. The Balaban J connectivity index is 1.50. The van der Waals surface area contributed by atoms with Gasteiger partial charge in [0.15, 0.2) is 0 Å². The van der Waals surface area contributed by atoms with E-state index in [-0.39, 0.29) is 18.3 Å². The third kappa shape index (κ3) is 3.25. The molecule has 4 rings (SSSR count). The van der Waals surface area contributed by atoms with E-state index >= 15 is 0 Å².